The van der Waals surface area contributed by atoms with Crippen LogP contribution in [-0.4, -0.2) is 19.6 Å². The maximum absolute atomic E-state index is 12.6. The van der Waals surface area contributed by atoms with E-state index in [1.807, 2.05) is 20.8 Å². The second kappa shape index (κ2) is 3.91. The van der Waals surface area contributed by atoms with Gasteiger partial charge in [-0.3, -0.25) is 0 Å². The molecule has 0 saturated carbocycles. The average Bonchev–Trinajstić information content (AvgIpc) is 2.59. The Morgan fingerprint density at radius 1 is 1.17 bits per heavy atom. The van der Waals surface area contributed by atoms with E-state index in [0.717, 1.165) is 6.07 Å². The Morgan fingerprint density at radius 2 is 1.78 bits per heavy atom. The van der Waals surface area contributed by atoms with Gasteiger partial charge in [-0.1, -0.05) is 20.8 Å². The molecule has 0 radical (unpaired) electrons. The Bertz CT molecular complexity index is 597. The highest BCUT2D eigenvalue weighted by molar-refractivity contribution is 9.10. The summed E-state index contributed by atoms with van der Waals surface area (Å²) in [5.74, 6) is 0.462. The Hall–Kier alpha value is -1.18. The third-order valence-electron chi connectivity index (χ3n) is 2.25. The van der Waals surface area contributed by atoms with Crippen LogP contribution < -0.4 is 0 Å². The van der Waals surface area contributed by atoms with E-state index in [-0.39, 0.29) is 15.8 Å². The van der Waals surface area contributed by atoms with Gasteiger partial charge in [0, 0.05) is 11.5 Å². The van der Waals surface area contributed by atoms with Gasteiger partial charge >= 0.3 is 6.18 Å². The van der Waals surface area contributed by atoms with Gasteiger partial charge in [-0.05, 0) is 15.9 Å². The SMILES string of the molecule is CC(C)(C)c1nc2cc(C(F)(F)F)nc(Br)n2n1. The van der Waals surface area contributed by atoms with Gasteiger partial charge in [-0.25, -0.2) is 9.97 Å². The number of alkyl halides is 3. The van der Waals surface area contributed by atoms with Gasteiger partial charge in [0.15, 0.2) is 21.9 Å². The molecule has 98 valence electrons. The van der Waals surface area contributed by atoms with Crippen LogP contribution in [0.5, 0.6) is 0 Å². The molecule has 2 aromatic heterocycles. The van der Waals surface area contributed by atoms with Crippen molar-refractivity contribution in [3.8, 4) is 0 Å². The fraction of sp³-hybridized carbons (Fsp3) is 0.500. The third kappa shape index (κ3) is 2.33. The summed E-state index contributed by atoms with van der Waals surface area (Å²) in [5, 5.41) is 4.14. The molecule has 2 rings (SSSR count). The molecule has 0 aromatic carbocycles. The lowest BCUT2D eigenvalue weighted by Gasteiger charge is -2.11. The van der Waals surface area contributed by atoms with Crippen LogP contribution in [0.25, 0.3) is 5.65 Å². The first-order valence-corrected chi connectivity index (χ1v) is 5.89. The lowest BCUT2D eigenvalue weighted by Crippen LogP contribution is -2.13. The molecular weight excluding hydrogens is 313 g/mol. The van der Waals surface area contributed by atoms with Crippen LogP contribution >= 0.6 is 15.9 Å². The first kappa shape index (κ1) is 13.3. The molecule has 0 N–H and O–H groups in total. The fourth-order valence-corrected chi connectivity index (χ4v) is 1.77. The summed E-state index contributed by atoms with van der Waals surface area (Å²) >= 11 is 2.97. The summed E-state index contributed by atoms with van der Waals surface area (Å²) in [7, 11) is 0. The standard InChI is InChI=1S/C10H10BrF3N4/c1-9(2,3)7-16-6-4-5(10(12,13)14)15-8(11)18(6)17-7/h4H,1-3H3. The topological polar surface area (TPSA) is 43.1 Å². The Balaban J connectivity index is 2.67. The number of hydrogen-bond acceptors (Lipinski definition) is 3. The van der Waals surface area contributed by atoms with Crippen molar-refractivity contribution in [1.82, 2.24) is 19.6 Å². The molecule has 0 saturated heterocycles. The molecule has 0 fully saturated rings. The van der Waals surface area contributed by atoms with Crippen LogP contribution in [0.2, 0.25) is 0 Å². The molecule has 0 aliphatic rings. The smallest absolute Gasteiger partial charge is 0.217 e. The quantitative estimate of drug-likeness (QED) is 0.699. The molecule has 0 atom stereocenters. The molecule has 8 heteroatoms. The molecule has 0 aliphatic carbocycles. The van der Waals surface area contributed by atoms with E-state index in [4.69, 9.17) is 0 Å². The van der Waals surface area contributed by atoms with Crippen molar-refractivity contribution < 1.29 is 13.2 Å². The minimum atomic E-state index is -4.50. The monoisotopic (exact) mass is 322 g/mol. The highest BCUT2D eigenvalue weighted by Crippen LogP contribution is 2.30. The van der Waals surface area contributed by atoms with Gasteiger partial charge < -0.3 is 0 Å². The average molecular weight is 323 g/mol. The van der Waals surface area contributed by atoms with Crippen LogP contribution in [0.3, 0.4) is 0 Å². The number of fused-ring (bicyclic) bond motifs is 1. The van der Waals surface area contributed by atoms with Crippen molar-refractivity contribution in [2.45, 2.75) is 32.4 Å². The molecule has 0 aliphatic heterocycles. The Kier molecular flexibility index (Phi) is 2.88. The van der Waals surface area contributed by atoms with E-state index >= 15 is 0 Å². The molecule has 18 heavy (non-hydrogen) atoms. The molecule has 0 amide bonds. The van der Waals surface area contributed by atoms with E-state index in [0.29, 0.717) is 5.82 Å². The van der Waals surface area contributed by atoms with Gasteiger partial charge in [0.25, 0.3) is 0 Å². The minimum absolute atomic E-state index is 0.0182. The summed E-state index contributed by atoms with van der Waals surface area (Å²) < 4.78 is 39.0. The van der Waals surface area contributed by atoms with Crippen LogP contribution in [0.4, 0.5) is 13.2 Å². The molecule has 2 aromatic rings. The zero-order valence-electron chi connectivity index (χ0n) is 9.88. The molecule has 2 heterocycles. The minimum Gasteiger partial charge on any atom is -0.217 e. The predicted octanol–water partition coefficient (Wildman–Crippen LogP) is 3.20. The van der Waals surface area contributed by atoms with E-state index < -0.39 is 11.9 Å². The zero-order chi connectivity index (χ0) is 13.7. The van der Waals surface area contributed by atoms with Gasteiger partial charge in [0.1, 0.15) is 0 Å². The van der Waals surface area contributed by atoms with Gasteiger partial charge in [-0.2, -0.15) is 17.7 Å². The van der Waals surface area contributed by atoms with E-state index in [1.165, 1.54) is 4.52 Å². The van der Waals surface area contributed by atoms with Gasteiger partial charge in [0.05, 0.1) is 0 Å². The third-order valence-corrected chi connectivity index (χ3v) is 2.76. The first-order chi connectivity index (χ1) is 8.09. The molecule has 0 unspecified atom stereocenters. The number of halogens is 4. The fourth-order valence-electron chi connectivity index (χ4n) is 1.32. The van der Waals surface area contributed by atoms with Crippen molar-refractivity contribution in [3.05, 3.63) is 22.3 Å². The summed E-state index contributed by atoms with van der Waals surface area (Å²) in [6.45, 7) is 5.65. The van der Waals surface area contributed by atoms with Crippen molar-refractivity contribution >= 4 is 21.6 Å². The number of aromatic nitrogens is 4. The highest BCUT2D eigenvalue weighted by Gasteiger charge is 2.34. The molecular formula is C10H10BrF3N4. The summed E-state index contributed by atoms with van der Waals surface area (Å²) in [6.07, 6.45) is -4.50. The lowest BCUT2D eigenvalue weighted by atomic mass is 9.96. The first-order valence-electron chi connectivity index (χ1n) is 5.10. The molecule has 4 nitrogen and oxygen atoms in total. The molecule has 0 bridgehead atoms. The maximum Gasteiger partial charge on any atom is 0.433 e. The van der Waals surface area contributed by atoms with Crippen molar-refractivity contribution in [2.24, 2.45) is 0 Å². The van der Waals surface area contributed by atoms with Gasteiger partial charge in [-0.15, -0.1) is 5.10 Å². The van der Waals surface area contributed by atoms with Gasteiger partial charge in [0.2, 0.25) is 0 Å². The van der Waals surface area contributed by atoms with E-state index in [1.54, 1.807) is 0 Å². The van der Waals surface area contributed by atoms with Crippen molar-refractivity contribution in [2.75, 3.05) is 0 Å². The van der Waals surface area contributed by atoms with Crippen LogP contribution in [0.15, 0.2) is 10.8 Å². The summed E-state index contributed by atoms with van der Waals surface area (Å²) in [6, 6.07) is 0.882. The number of nitrogens with zero attached hydrogens (tertiary/aromatic N) is 4. The zero-order valence-corrected chi connectivity index (χ0v) is 11.5. The second-order valence-corrected chi connectivity index (χ2v) is 5.57. The largest absolute Gasteiger partial charge is 0.433 e. The maximum atomic E-state index is 12.6. The Morgan fingerprint density at radius 3 is 2.28 bits per heavy atom. The van der Waals surface area contributed by atoms with Crippen molar-refractivity contribution in [1.29, 1.82) is 0 Å². The highest BCUT2D eigenvalue weighted by atomic mass is 79.9. The van der Waals surface area contributed by atoms with E-state index in [9.17, 15) is 13.2 Å². The lowest BCUT2D eigenvalue weighted by molar-refractivity contribution is -0.141. The number of hydrogen-bond donors (Lipinski definition) is 0. The van der Waals surface area contributed by atoms with Crippen molar-refractivity contribution in [3.63, 3.8) is 0 Å². The normalized spacial score (nSPS) is 13.3. The van der Waals surface area contributed by atoms with Crippen LogP contribution in [0, 0.1) is 0 Å². The molecule has 0 spiro atoms. The van der Waals surface area contributed by atoms with Crippen LogP contribution in [0.1, 0.15) is 32.3 Å². The second-order valence-electron chi connectivity index (χ2n) is 4.86. The summed E-state index contributed by atoms with van der Waals surface area (Å²) in [4.78, 5) is 7.52. The van der Waals surface area contributed by atoms with Crippen LogP contribution in [-0.2, 0) is 11.6 Å². The van der Waals surface area contributed by atoms with E-state index in [2.05, 4.69) is 31.0 Å². The summed E-state index contributed by atoms with van der Waals surface area (Å²) in [5.41, 5.74) is -1.21. The Labute approximate surface area is 109 Å². The number of rotatable bonds is 0. The predicted molar refractivity (Wildman–Crippen MR) is 62.2 cm³/mol.